The third-order valence-electron chi connectivity index (χ3n) is 5.15. The van der Waals surface area contributed by atoms with Crippen molar-refractivity contribution in [2.24, 2.45) is 0 Å². The molecule has 2 nitrogen and oxygen atoms in total. The van der Waals surface area contributed by atoms with Gasteiger partial charge in [0.1, 0.15) is 0 Å². The predicted molar refractivity (Wildman–Crippen MR) is 105 cm³/mol. The van der Waals surface area contributed by atoms with Crippen molar-refractivity contribution in [3.8, 4) is 0 Å². The summed E-state index contributed by atoms with van der Waals surface area (Å²) in [5, 5.41) is 3.69. The van der Waals surface area contributed by atoms with E-state index in [2.05, 4.69) is 35.6 Å². The van der Waals surface area contributed by atoms with Crippen LogP contribution >= 0.6 is 0 Å². The third-order valence-corrected chi connectivity index (χ3v) is 5.15. The zero-order valence-corrected chi connectivity index (χ0v) is 14.8. The molecule has 0 saturated heterocycles. The molecule has 4 rings (SSSR count). The highest BCUT2D eigenvalue weighted by molar-refractivity contribution is 6.09. The van der Waals surface area contributed by atoms with Gasteiger partial charge in [0.15, 0.2) is 5.78 Å². The molecule has 1 atom stereocenters. The van der Waals surface area contributed by atoms with Crippen molar-refractivity contribution in [3.05, 3.63) is 107 Å². The standard InChI is InChI=1S/C24H23NO/c26-24(20-10-2-1-3-11-20)21-13-6-8-18(16-21)17-25-23-15-7-12-19-9-4-5-14-22(19)23/h1-6,8-11,13-14,16,23,25H,7,12,15,17H2/t23-/m0/s1. The molecule has 0 aliphatic heterocycles. The lowest BCUT2D eigenvalue weighted by Crippen LogP contribution is -2.24. The van der Waals surface area contributed by atoms with Crippen LogP contribution in [0.2, 0.25) is 0 Å². The molecule has 1 N–H and O–H groups in total. The van der Waals surface area contributed by atoms with Gasteiger partial charge in [-0.25, -0.2) is 0 Å². The second-order valence-corrected chi connectivity index (χ2v) is 6.92. The first-order valence-electron chi connectivity index (χ1n) is 9.31. The topological polar surface area (TPSA) is 29.1 Å². The zero-order chi connectivity index (χ0) is 17.8. The Morgan fingerprint density at radius 1 is 0.885 bits per heavy atom. The minimum atomic E-state index is 0.0791. The molecule has 0 unspecified atom stereocenters. The first-order chi connectivity index (χ1) is 12.8. The number of carbonyl (C=O) groups excluding carboxylic acids is 1. The fraction of sp³-hybridized carbons (Fsp3) is 0.208. The minimum absolute atomic E-state index is 0.0791. The van der Waals surface area contributed by atoms with Crippen molar-refractivity contribution < 1.29 is 4.79 Å². The molecule has 26 heavy (non-hydrogen) atoms. The van der Waals surface area contributed by atoms with E-state index in [1.165, 1.54) is 30.4 Å². The summed E-state index contributed by atoms with van der Waals surface area (Å²) in [5.41, 5.74) is 5.52. The number of benzene rings is 3. The Hall–Kier alpha value is -2.71. The fourth-order valence-electron chi connectivity index (χ4n) is 3.79. The first-order valence-corrected chi connectivity index (χ1v) is 9.31. The maximum absolute atomic E-state index is 12.6. The molecule has 0 bridgehead atoms. The van der Waals surface area contributed by atoms with Gasteiger partial charge in [-0.15, -0.1) is 0 Å². The van der Waals surface area contributed by atoms with Crippen molar-refractivity contribution >= 4 is 5.78 Å². The fourth-order valence-corrected chi connectivity index (χ4v) is 3.79. The average molecular weight is 341 g/mol. The van der Waals surface area contributed by atoms with Gasteiger partial charge in [-0.3, -0.25) is 4.79 Å². The highest BCUT2D eigenvalue weighted by atomic mass is 16.1. The van der Waals surface area contributed by atoms with Crippen molar-refractivity contribution in [2.75, 3.05) is 0 Å². The summed E-state index contributed by atoms with van der Waals surface area (Å²) in [4.78, 5) is 12.6. The molecule has 0 fully saturated rings. The van der Waals surface area contributed by atoms with Gasteiger partial charge in [-0.05, 0) is 42.0 Å². The molecule has 0 spiro atoms. The summed E-state index contributed by atoms with van der Waals surface area (Å²) in [6, 6.07) is 26.6. The van der Waals surface area contributed by atoms with Crippen molar-refractivity contribution in [1.82, 2.24) is 5.32 Å². The second-order valence-electron chi connectivity index (χ2n) is 6.92. The maximum atomic E-state index is 12.6. The molecule has 130 valence electrons. The van der Waals surface area contributed by atoms with Gasteiger partial charge in [0, 0.05) is 23.7 Å². The lowest BCUT2D eigenvalue weighted by Gasteiger charge is -2.26. The quantitative estimate of drug-likeness (QED) is 0.655. The molecule has 3 aromatic carbocycles. The Kier molecular flexibility index (Phi) is 4.94. The molecule has 0 saturated carbocycles. The number of hydrogen-bond acceptors (Lipinski definition) is 2. The maximum Gasteiger partial charge on any atom is 0.193 e. The van der Waals surface area contributed by atoms with Crippen molar-refractivity contribution in [1.29, 1.82) is 0 Å². The van der Waals surface area contributed by atoms with E-state index in [0.717, 1.165) is 23.2 Å². The molecule has 0 heterocycles. The van der Waals surface area contributed by atoms with Crippen LogP contribution in [-0.4, -0.2) is 5.78 Å². The normalized spacial score (nSPS) is 16.1. The second kappa shape index (κ2) is 7.67. The van der Waals surface area contributed by atoms with E-state index in [1.807, 2.05) is 48.5 Å². The highest BCUT2D eigenvalue weighted by Crippen LogP contribution is 2.29. The van der Waals surface area contributed by atoms with E-state index in [4.69, 9.17) is 0 Å². The molecule has 1 aliphatic carbocycles. The Morgan fingerprint density at radius 2 is 1.65 bits per heavy atom. The molecule has 3 aromatic rings. The van der Waals surface area contributed by atoms with Gasteiger partial charge >= 0.3 is 0 Å². The van der Waals surface area contributed by atoms with Gasteiger partial charge < -0.3 is 5.32 Å². The lowest BCUT2D eigenvalue weighted by molar-refractivity contribution is 0.103. The van der Waals surface area contributed by atoms with Crippen LogP contribution < -0.4 is 5.32 Å². The molecule has 0 radical (unpaired) electrons. The summed E-state index contributed by atoms with van der Waals surface area (Å²) in [7, 11) is 0. The number of carbonyl (C=O) groups is 1. The van der Waals surface area contributed by atoms with Gasteiger partial charge in [0.25, 0.3) is 0 Å². The Bertz CT molecular complexity index is 901. The van der Waals surface area contributed by atoms with Crippen molar-refractivity contribution in [3.63, 3.8) is 0 Å². The predicted octanol–water partition coefficient (Wildman–Crippen LogP) is 5.08. The van der Waals surface area contributed by atoms with E-state index in [1.54, 1.807) is 0 Å². The van der Waals surface area contributed by atoms with Crippen LogP contribution in [0.25, 0.3) is 0 Å². The summed E-state index contributed by atoms with van der Waals surface area (Å²) in [6.07, 6.45) is 3.57. The number of nitrogens with one attached hydrogen (secondary N) is 1. The van der Waals surface area contributed by atoms with Crippen LogP contribution in [0.5, 0.6) is 0 Å². The number of ketones is 1. The van der Waals surface area contributed by atoms with Crippen molar-refractivity contribution in [2.45, 2.75) is 31.8 Å². The summed E-state index contributed by atoms with van der Waals surface area (Å²) in [6.45, 7) is 0.773. The van der Waals surface area contributed by atoms with Crippen LogP contribution in [0.4, 0.5) is 0 Å². The number of hydrogen-bond donors (Lipinski definition) is 1. The summed E-state index contributed by atoms with van der Waals surface area (Å²) < 4.78 is 0. The first kappa shape index (κ1) is 16.7. The van der Waals surface area contributed by atoms with E-state index in [0.29, 0.717) is 6.04 Å². The van der Waals surface area contributed by atoms with Crippen LogP contribution in [0.3, 0.4) is 0 Å². The Balaban J connectivity index is 1.48. The van der Waals surface area contributed by atoms with Crippen LogP contribution in [-0.2, 0) is 13.0 Å². The molecule has 0 amide bonds. The monoisotopic (exact) mass is 341 g/mol. The Morgan fingerprint density at radius 3 is 2.54 bits per heavy atom. The van der Waals surface area contributed by atoms with Crippen LogP contribution in [0.15, 0.2) is 78.9 Å². The van der Waals surface area contributed by atoms with Gasteiger partial charge in [0.05, 0.1) is 0 Å². The van der Waals surface area contributed by atoms with E-state index >= 15 is 0 Å². The van der Waals surface area contributed by atoms with Gasteiger partial charge in [0.2, 0.25) is 0 Å². The van der Waals surface area contributed by atoms with Crippen LogP contribution in [0, 0.1) is 0 Å². The molecule has 2 heteroatoms. The minimum Gasteiger partial charge on any atom is -0.306 e. The SMILES string of the molecule is O=C(c1ccccc1)c1cccc(CN[C@H]2CCCc3ccccc32)c1. The smallest absolute Gasteiger partial charge is 0.193 e. The molecular weight excluding hydrogens is 318 g/mol. The average Bonchev–Trinajstić information content (AvgIpc) is 2.72. The van der Waals surface area contributed by atoms with Gasteiger partial charge in [-0.1, -0.05) is 72.8 Å². The number of rotatable bonds is 5. The molecule has 0 aromatic heterocycles. The summed E-state index contributed by atoms with van der Waals surface area (Å²) in [5.74, 6) is 0.0791. The summed E-state index contributed by atoms with van der Waals surface area (Å²) >= 11 is 0. The van der Waals surface area contributed by atoms with E-state index < -0.39 is 0 Å². The third kappa shape index (κ3) is 3.61. The lowest BCUT2D eigenvalue weighted by atomic mass is 9.87. The molecular formula is C24H23NO. The Labute approximate surface area is 154 Å². The largest absolute Gasteiger partial charge is 0.306 e. The van der Waals surface area contributed by atoms with Gasteiger partial charge in [-0.2, -0.15) is 0 Å². The van der Waals surface area contributed by atoms with Crippen LogP contribution in [0.1, 0.15) is 51.5 Å². The number of aryl methyl sites for hydroxylation is 1. The molecule has 1 aliphatic rings. The highest BCUT2D eigenvalue weighted by Gasteiger charge is 2.19. The number of fused-ring (bicyclic) bond motifs is 1. The van der Waals surface area contributed by atoms with E-state index in [-0.39, 0.29) is 5.78 Å². The zero-order valence-electron chi connectivity index (χ0n) is 14.8. The van der Waals surface area contributed by atoms with E-state index in [9.17, 15) is 4.79 Å².